The SMILES string of the molecule is O=C(O)c1cnc(NC2=C3C=C4C(O)=C2C43)nc1C(F)F. The molecule has 1 atom stereocenters. The summed E-state index contributed by atoms with van der Waals surface area (Å²) in [4.78, 5) is 18.1. The van der Waals surface area contributed by atoms with Crippen molar-refractivity contribution in [1.29, 1.82) is 0 Å². The predicted octanol–water partition coefficient (Wildman–Crippen LogP) is 2.17. The molecule has 0 spiro atoms. The molecule has 8 heteroatoms. The van der Waals surface area contributed by atoms with Crippen molar-refractivity contribution in [3.8, 4) is 0 Å². The van der Waals surface area contributed by atoms with E-state index in [0.717, 1.165) is 22.9 Å². The minimum atomic E-state index is -3.02. The van der Waals surface area contributed by atoms with E-state index in [2.05, 4.69) is 15.3 Å². The van der Waals surface area contributed by atoms with Crippen molar-refractivity contribution < 1.29 is 23.8 Å². The molecule has 21 heavy (non-hydrogen) atoms. The summed E-state index contributed by atoms with van der Waals surface area (Å²) in [7, 11) is 0. The molecule has 106 valence electrons. The molecule has 3 aliphatic carbocycles. The highest BCUT2D eigenvalue weighted by atomic mass is 19.3. The molecule has 0 fully saturated rings. The molecule has 3 aliphatic rings. The van der Waals surface area contributed by atoms with Crippen LogP contribution in [0.3, 0.4) is 0 Å². The van der Waals surface area contributed by atoms with Crippen LogP contribution in [0.25, 0.3) is 0 Å². The first kappa shape index (κ1) is 12.0. The third-order valence-electron chi connectivity index (χ3n) is 3.80. The highest BCUT2D eigenvalue weighted by Gasteiger charge is 2.54. The highest BCUT2D eigenvalue weighted by molar-refractivity contribution is 5.89. The largest absolute Gasteiger partial charge is 0.507 e. The molecule has 0 aliphatic heterocycles. The number of allylic oxidation sites excluding steroid dienone is 4. The van der Waals surface area contributed by atoms with Crippen LogP contribution in [0.4, 0.5) is 14.7 Å². The van der Waals surface area contributed by atoms with Gasteiger partial charge >= 0.3 is 5.97 Å². The number of carboxylic acid groups (broad SMARTS) is 1. The summed E-state index contributed by atoms with van der Waals surface area (Å²) >= 11 is 0. The number of carboxylic acids is 1. The van der Waals surface area contributed by atoms with Gasteiger partial charge < -0.3 is 15.5 Å². The van der Waals surface area contributed by atoms with Gasteiger partial charge in [0, 0.05) is 23.3 Å². The van der Waals surface area contributed by atoms with Crippen molar-refractivity contribution >= 4 is 11.9 Å². The van der Waals surface area contributed by atoms with Gasteiger partial charge in [-0.15, -0.1) is 0 Å². The van der Waals surface area contributed by atoms with Crippen LogP contribution >= 0.6 is 0 Å². The summed E-state index contributed by atoms with van der Waals surface area (Å²) in [6.45, 7) is 0. The smallest absolute Gasteiger partial charge is 0.339 e. The molecule has 1 aromatic heterocycles. The lowest BCUT2D eigenvalue weighted by molar-refractivity contribution is 0.0681. The molecule has 0 amide bonds. The van der Waals surface area contributed by atoms with Gasteiger partial charge in [-0.2, -0.15) is 0 Å². The Morgan fingerprint density at radius 1 is 1.43 bits per heavy atom. The number of hydrogen-bond donors (Lipinski definition) is 3. The fourth-order valence-corrected chi connectivity index (χ4v) is 2.73. The number of aliphatic hydroxyl groups excluding tert-OH is 1. The maximum absolute atomic E-state index is 12.8. The first-order chi connectivity index (χ1) is 9.99. The van der Waals surface area contributed by atoms with Gasteiger partial charge in [-0.25, -0.2) is 23.5 Å². The van der Waals surface area contributed by atoms with Crippen molar-refractivity contribution in [2.45, 2.75) is 6.43 Å². The zero-order valence-electron chi connectivity index (χ0n) is 10.3. The number of nitrogens with zero attached hydrogens (tertiary/aromatic N) is 2. The molecule has 0 aromatic carbocycles. The predicted molar refractivity (Wildman–Crippen MR) is 65.8 cm³/mol. The van der Waals surface area contributed by atoms with E-state index >= 15 is 0 Å². The molecule has 0 bridgehead atoms. The monoisotopic (exact) mass is 291 g/mol. The van der Waals surface area contributed by atoms with E-state index in [4.69, 9.17) is 5.11 Å². The van der Waals surface area contributed by atoms with Gasteiger partial charge in [0.05, 0.1) is 5.70 Å². The lowest BCUT2D eigenvalue weighted by Gasteiger charge is -2.51. The van der Waals surface area contributed by atoms with E-state index in [1.54, 1.807) is 6.08 Å². The van der Waals surface area contributed by atoms with E-state index < -0.39 is 23.7 Å². The number of anilines is 1. The summed E-state index contributed by atoms with van der Waals surface area (Å²) in [5.74, 6) is -1.26. The summed E-state index contributed by atoms with van der Waals surface area (Å²) in [6.07, 6.45) is -0.370. The van der Waals surface area contributed by atoms with E-state index in [0.29, 0.717) is 5.70 Å². The van der Waals surface area contributed by atoms with Gasteiger partial charge in [0.15, 0.2) is 0 Å². The molecule has 3 N–H and O–H groups in total. The molecule has 4 rings (SSSR count). The zero-order valence-corrected chi connectivity index (χ0v) is 10.3. The van der Waals surface area contributed by atoms with E-state index in [1.165, 1.54) is 0 Å². The van der Waals surface area contributed by atoms with E-state index in [1.807, 2.05) is 0 Å². The Kier molecular flexibility index (Phi) is 2.09. The fraction of sp³-hybridized carbons (Fsp3) is 0.154. The molecule has 0 radical (unpaired) electrons. The van der Waals surface area contributed by atoms with E-state index in [-0.39, 0.29) is 17.6 Å². The molecular formula is C13H7F2N3O3. The van der Waals surface area contributed by atoms with Gasteiger partial charge in [-0.3, -0.25) is 0 Å². The van der Waals surface area contributed by atoms with Gasteiger partial charge in [-0.05, 0) is 11.6 Å². The number of rotatable bonds is 4. The molecule has 1 heterocycles. The average molecular weight is 291 g/mol. The Bertz CT molecular complexity index is 811. The fourth-order valence-electron chi connectivity index (χ4n) is 2.73. The Labute approximate surface area is 116 Å². The van der Waals surface area contributed by atoms with Crippen LogP contribution in [0.5, 0.6) is 0 Å². The van der Waals surface area contributed by atoms with Crippen LogP contribution in [0.1, 0.15) is 22.5 Å². The first-order valence-electron chi connectivity index (χ1n) is 6.04. The van der Waals surface area contributed by atoms with Crippen LogP contribution in [0.2, 0.25) is 0 Å². The summed E-state index contributed by atoms with van der Waals surface area (Å²) in [5, 5.41) is 21.2. The summed E-state index contributed by atoms with van der Waals surface area (Å²) in [5.41, 5.74) is 1.74. The Morgan fingerprint density at radius 2 is 2.19 bits per heavy atom. The average Bonchev–Trinajstić information content (AvgIpc) is 2.41. The van der Waals surface area contributed by atoms with E-state index in [9.17, 15) is 18.7 Å². The third kappa shape index (κ3) is 1.36. The number of carbonyl (C=O) groups is 1. The first-order valence-corrected chi connectivity index (χ1v) is 6.04. The maximum Gasteiger partial charge on any atom is 0.339 e. The molecule has 0 saturated carbocycles. The van der Waals surface area contributed by atoms with Gasteiger partial charge in [0.1, 0.15) is 17.0 Å². The van der Waals surface area contributed by atoms with Gasteiger partial charge in [0.2, 0.25) is 5.95 Å². The third-order valence-corrected chi connectivity index (χ3v) is 3.80. The summed E-state index contributed by atoms with van der Waals surface area (Å²) in [6, 6.07) is 0. The zero-order chi connectivity index (χ0) is 14.9. The van der Waals surface area contributed by atoms with Crippen LogP contribution in [-0.4, -0.2) is 26.2 Å². The number of nitrogens with one attached hydrogen (secondary N) is 1. The van der Waals surface area contributed by atoms with Crippen LogP contribution in [0.15, 0.2) is 40.4 Å². The van der Waals surface area contributed by atoms with Crippen LogP contribution in [-0.2, 0) is 0 Å². The Hall–Kier alpha value is -2.77. The second kappa shape index (κ2) is 3.66. The minimum Gasteiger partial charge on any atom is -0.507 e. The molecule has 0 saturated heterocycles. The number of aromatic carboxylic acids is 1. The lowest BCUT2D eigenvalue weighted by atomic mass is 9.54. The van der Waals surface area contributed by atoms with Gasteiger partial charge in [0.25, 0.3) is 6.43 Å². The number of aliphatic hydroxyl groups is 1. The van der Waals surface area contributed by atoms with Crippen molar-refractivity contribution in [2.75, 3.05) is 5.32 Å². The summed E-state index contributed by atoms with van der Waals surface area (Å²) < 4.78 is 25.7. The van der Waals surface area contributed by atoms with Crippen molar-refractivity contribution in [3.63, 3.8) is 0 Å². The number of halogens is 2. The lowest BCUT2D eigenvalue weighted by Crippen LogP contribution is -2.43. The maximum atomic E-state index is 12.8. The second-order valence-electron chi connectivity index (χ2n) is 4.85. The topological polar surface area (TPSA) is 95.3 Å². The quantitative estimate of drug-likeness (QED) is 0.787. The highest BCUT2D eigenvalue weighted by Crippen LogP contribution is 2.63. The van der Waals surface area contributed by atoms with Gasteiger partial charge in [-0.1, -0.05) is 0 Å². The Morgan fingerprint density at radius 3 is 2.76 bits per heavy atom. The molecular weight excluding hydrogens is 284 g/mol. The minimum absolute atomic E-state index is 0.120. The Balaban J connectivity index is 1.68. The molecule has 6 nitrogen and oxygen atoms in total. The number of hydrogen-bond acceptors (Lipinski definition) is 5. The van der Waals surface area contributed by atoms with Crippen molar-refractivity contribution in [3.05, 3.63) is 51.7 Å². The second-order valence-corrected chi connectivity index (χ2v) is 4.85. The number of aromatic nitrogens is 2. The normalized spacial score (nSPS) is 21.3. The number of alkyl halides is 2. The van der Waals surface area contributed by atoms with Crippen LogP contribution < -0.4 is 5.32 Å². The standard InChI is InChI=1S/C13H7F2N3O3/c14-11(15)9-5(12(20)21)2-16-13(18-9)17-8-3-1-4-6(3)7(8)10(4)19/h1-2,6,11,19H,(H,20,21)(H,16,17,18). The molecule has 1 aromatic rings. The van der Waals surface area contributed by atoms with Crippen LogP contribution in [0, 0.1) is 5.92 Å². The van der Waals surface area contributed by atoms with Crippen molar-refractivity contribution in [1.82, 2.24) is 9.97 Å². The van der Waals surface area contributed by atoms with Crippen molar-refractivity contribution in [2.24, 2.45) is 5.92 Å². The molecule has 1 unspecified atom stereocenters.